The van der Waals surface area contributed by atoms with Gasteiger partial charge in [-0.2, -0.15) is 0 Å². The molecule has 1 atom stereocenters. The zero-order valence-corrected chi connectivity index (χ0v) is 11.4. The molecule has 4 N–H and O–H groups in total. The number of aromatic hydroxyl groups is 1. The summed E-state index contributed by atoms with van der Waals surface area (Å²) in [5, 5.41) is 18.4. The predicted molar refractivity (Wildman–Crippen MR) is 74.4 cm³/mol. The van der Waals surface area contributed by atoms with Crippen LogP contribution in [0.1, 0.15) is 28.8 Å². The van der Waals surface area contributed by atoms with Crippen molar-refractivity contribution in [2.75, 3.05) is 13.6 Å². The van der Waals surface area contributed by atoms with E-state index in [0.717, 1.165) is 5.56 Å². The number of hydrogen-bond acceptors (Lipinski definition) is 4. The Kier molecular flexibility index (Phi) is 4.57. The van der Waals surface area contributed by atoms with Crippen LogP contribution in [0.4, 0.5) is 0 Å². The van der Waals surface area contributed by atoms with E-state index in [2.05, 4.69) is 16.0 Å². The Labute approximate surface area is 117 Å². The number of rotatable bonds is 4. The monoisotopic (exact) mass is 277 g/mol. The zero-order chi connectivity index (χ0) is 14.5. The molecule has 1 aromatic rings. The minimum absolute atomic E-state index is 0.00904. The van der Waals surface area contributed by atoms with Crippen LogP contribution in [0.15, 0.2) is 18.2 Å². The van der Waals surface area contributed by atoms with Crippen molar-refractivity contribution < 1.29 is 14.7 Å². The van der Waals surface area contributed by atoms with Gasteiger partial charge in [0.2, 0.25) is 5.91 Å². The third kappa shape index (κ3) is 3.48. The van der Waals surface area contributed by atoms with Crippen molar-refractivity contribution in [2.24, 2.45) is 0 Å². The van der Waals surface area contributed by atoms with E-state index in [1.165, 1.54) is 0 Å². The van der Waals surface area contributed by atoms with E-state index in [1.807, 2.05) is 7.05 Å². The molecule has 0 aromatic heterocycles. The molecule has 1 unspecified atom stereocenters. The summed E-state index contributed by atoms with van der Waals surface area (Å²) in [5.41, 5.74) is 1.16. The first-order valence-electron chi connectivity index (χ1n) is 6.64. The molecule has 1 aromatic carbocycles. The highest BCUT2D eigenvalue weighted by atomic mass is 16.3. The number of nitrogens with one attached hydrogen (secondary N) is 3. The quantitative estimate of drug-likeness (QED) is 0.629. The first-order valence-corrected chi connectivity index (χ1v) is 6.64. The van der Waals surface area contributed by atoms with Crippen LogP contribution in [0.25, 0.3) is 0 Å². The van der Waals surface area contributed by atoms with Gasteiger partial charge >= 0.3 is 0 Å². The summed E-state index contributed by atoms with van der Waals surface area (Å²) in [5.74, 6) is -0.343. The second-order valence-electron chi connectivity index (χ2n) is 4.89. The van der Waals surface area contributed by atoms with Gasteiger partial charge in [-0.05, 0) is 31.2 Å². The van der Waals surface area contributed by atoms with Crippen LogP contribution in [0.2, 0.25) is 0 Å². The summed E-state index contributed by atoms with van der Waals surface area (Å²) in [6, 6.07) is 4.90. The fourth-order valence-corrected chi connectivity index (χ4v) is 2.20. The van der Waals surface area contributed by atoms with Crippen molar-refractivity contribution in [1.82, 2.24) is 16.0 Å². The number of phenols is 1. The fraction of sp³-hybridized carbons (Fsp3) is 0.429. The molecule has 108 valence electrons. The molecule has 1 saturated heterocycles. The van der Waals surface area contributed by atoms with Gasteiger partial charge in [-0.25, -0.2) is 0 Å². The molecule has 20 heavy (non-hydrogen) atoms. The molecule has 1 aliphatic heterocycles. The molecule has 1 heterocycles. The van der Waals surface area contributed by atoms with Crippen LogP contribution in [-0.2, 0) is 11.3 Å². The molecule has 0 radical (unpaired) electrons. The molecular weight excluding hydrogens is 258 g/mol. The summed E-state index contributed by atoms with van der Waals surface area (Å²) in [6.07, 6.45) is 1.04. The molecule has 2 rings (SSSR count). The Morgan fingerprint density at radius 1 is 1.50 bits per heavy atom. The number of amides is 2. The summed E-state index contributed by atoms with van der Waals surface area (Å²) in [6.45, 7) is 1.06. The van der Waals surface area contributed by atoms with Crippen molar-refractivity contribution in [3.8, 4) is 5.75 Å². The molecular formula is C14H19N3O3. The van der Waals surface area contributed by atoms with E-state index in [9.17, 15) is 14.7 Å². The lowest BCUT2D eigenvalue weighted by atomic mass is 10.1. The van der Waals surface area contributed by atoms with Crippen molar-refractivity contribution in [2.45, 2.75) is 25.4 Å². The summed E-state index contributed by atoms with van der Waals surface area (Å²) in [7, 11) is 1.81. The molecule has 0 bridgehead atoms. The van der Waals surface area contributed by atoms with E-state index < -0.39 is 0 Å². The lowest BCUT2D eigenvalue weighted by Gasteiger charge is -2.23. The average molecular weight is 277 g/mol. The smallest absolute Gasteiger partial charge is 0.255 e. The molecule has 6 heteroatoms. The van der Waals surface area contributed by atoms with Gasteiger partial charge in [-0.1, -0.05) is 6.07 Å². The fourth-order valence-electron chi connectivity index (χ4n) is 2.20. The van der Waals surface area contributed by atoms with Gasteiger partial charge < -0.3 is 21.1 Å². The van der Waals surface area contributed by atoms with E-state index in [0.29, 0.717) is 25.9 Å². The highest BCUT2D eigenvalue weighted by Crippen LogP contribution is 2.19. The molecule has 1 aliphatic rings. The van der Waals surface area contributed by atoms with Crippen LogP contribution >= 0.6 is 0 Å². The first-order chi connectivity index (χ1) is 9.60. The van der Waals surface area contributed by atoms with Crippen molar-refractivity contribution >= 4 is 11.8 Å². The topological polar surface area (TPSA) is 90.5 Å². The number of piperidine rings is 1. The Bertz CT molecular complexity index is 506. The number of phenolic OH excluding ortho intramolecular Hbond substituents is 1. The van der Waals surface area contributed by atoms with Gasteiger partial charge in [0.25, 0.3) is 5.91 Å². The Morgan fingerprint density at radius 3 is 2.90 bits per heavy atom. The number of carbonyl (C=O) groups excluding carboxylic acids is 2. The SMILES string of the molecule is CNCc1ccc(C(=O)NC2CCC(=O)NC2)c(O)c1. The zero-order valence-electron chi connectivity index (χ0n) is 11.4. The van der Waals surface area contributed by atoms with Gasteiger partial charge in [-0.15, -0.1) is 0 Å². The van der Waals surface area contributed by atoms with Gasteiger partial charge in [0.15, 0.2) is 0 Å². The molecule has 6 nitrogen and oxygen atoms in total. The van der Waals surface area contributed by atoms with Gasteiger partial charge in [0.05, 0.1) is 5.56 Å². The minimum Gasteiger partial charge on any atom is -0.507 e. The molecule has 1 fully saturated rings. The van der Waals surface area contributed by atoms with Crippen molar-refractivity contribution in [3.63, 3.8) is 0 Å². The van der Waals surface area contributed by atoms with Gasteiger partial charge in [-0.3, -0.25) is 9.59 Å². The van der Waals surface area contributed by atoms with E-state index in [-0.39, 0.29) is 29.2 Å². The van der Waals surface area contributed by atoms with Crippen LogP contribution in [0, 0.1) is 0 Å². The third-order valence-electron chi connectivity index (χ3n) is 3.29. The molecule has 0 spiro atoms. The Balaban J connectivity index is 2.00. The lowest BCUT2D eigenvalue weighted by molar-refractivity contribution is -0.122. The first kappa shape index (κ1) is 14.3. The van der Waals surface area contributed by atoms with Gasteiger partial charge in [0.1, 0.15) is 5.75 Å². The van der Waals surface area contributed by atoms with Crippen LogP contribution in [0.5, 0.6) is 5.75 Å². The summed E-state index contributed by atoms with van der Waals surface area (Å²) < 4.78 is 0. The summed E-state index contributed by atoms with van der Waals surface area (Å²) in [4.78, 5) is 23.1. The average Bonchev–Trinajstić information content (AvgIpc) is 2.42. The standard InChI is InChI=1S/C14H19N3O3/c1-15-7-9-2-4-11(12(18)6-9)14(20)17-10-3-5-13(19)16-8-10/h2,4,6,10,15,18H,3,5,7-8H2,1H3,(H,16,19)(H,17,20). The number of carbonyl (C=O) groups is 2. The van der Waals surface area contributed by atoms with E-state index >= 15 is 0 Å². The third-order valence-corrected chi connectivity index (χ3v) is 3.29. The van der Waals surface area contributed by atoms with E-state index in [1.54, 1.807) is 18.2 Å². The Morgan fingerprint density at radius 2 is 2.30 bits per heavy atom. The normalized spacial score (nSPS) is 18.4. The van der Waals surface area contributed by atoms with Crippen molar-refractivity contribution in [1.29, 1.82) is 0 Å². The number of benzene rings is 1. The molecule has 2 amide bonds. The molecule has 0 saturated carbocycles. The van der Waals surface area contributed by atoms with Crippen LogP contribution in [-0.4, -0.2) is 36.6 Å². The van der Waals surface area contributed by atoms with Crippen LogP contribution < -0.4 is 16.0 Å². The maximum atomic E-state index is 12.1. The number of hydrogen-bond donors (Lipinski definition) is 4. The lowest BCUT2D eigenvalue weighted by Crippen LogP contribution is -2.47. The van der Waals surface area contributed by atoms with Crippen molar-refractivity contribution in [3.05, 3.63) is 29.3 Å². The second-order valence-corrected chi connectivity index (χ2v) is 4.89. The van der Waals surface area contributed by atoms with Crippen LogP contribution in [0.3, 0.4) is 0 Å². The maximum absolute atomic E-state index is 12.1. The molecule has 0 aliphatic carbocycles. The van der Waals surface area contributed by atoms with E-state index in [4.69, 9.17) is 0 Å². The largest absolute Gasteiger partial charge is 0.507 e. The van der Waals surface area contributed by atoms with Gasteiger partial charge in [0, 0.05) is 25.6 Å². The Hall–Kier alpha value is -2.08. The minimum atomic E-state index is -0.320. The second kappa shape index (κ2) is 6.38. The predicted octanol–water partition coefficient (Wildman–Crippen LogP) is 0.120. The highest BCUT2D eigenvalue weighted by Gasteiger charge is 2.21. The highest BCUT2D eigenvalue weighted by molar-refractivity contribution is 5.97. The summed E-state index contributed by atoms with van der Waals surface area (Å²) >= 11 is 0. The maximum Gasteiger partial charge on any atom is 0.255 e.